The van der Waals surface area contributed by atoms with Crippen LogP contribution < -0.4 is 5.32 Å². The third kappa shape index (κ3) is 4.80. The maximum atomic E-state index is 12.3. The van der Waals surface area contributed by atoms with Crippen molar-refractivity contribution in [2.75, 3.05) is 26.2 Å². The molecule has 7 nitrogen and oxygen atoms in total. The number of aromatic carboxylic acids is 1. The molecule has 0 spiro atoms. The summed E-state index contributed by atoms with van der Waals surface area (Å²) in [7, 11) is 0. The molecule has 1 aromatic carbocycles. The largest absolute Gasteiger partial charge is 0.478 e. The van der Waals surface area contributed by atoms with E-state index in [0.29, 0.717) is 19.6 Å². The molecule has 2 N–H and O–H groups in total. The second kappa shape index (κ2) is 8.44. The van der Waals surface area contributed by atoms with E-state index in [4.69, 9.17) is 5.11 Å². The summed E-state index contributed by atoms with van der Waals surface area (Å²) in [5.74, 6) is -0.969. The van der Waals surface area contributed by atoms with Gasteiger partial charge in [0.15, 0.2) is 0 Å². The van der Waals surface area contributed by atoms with Crippen molar-refractivity contribution >= 4 is 12.0 Å². The zero-order valence-corrected chi connectivity index (χ0v) is 14.5. The molecule has 0 saturated carbocycles. The minimum absolute atomic E-state index is 0.116. The molecule has 1 saturated heterocycles. The van der Waals surface area contributed by atoms with Crippen molar-refractivity contribution in [3.63, 3.8) is 0 Å². The van der Waals surface area contributed by atoms with Gasteiger partial charge in [0.05, 0.1) is 5.56 Å². The van der Waals surface area contributed by atoms with Gasteiger partial charge in [-0.05, 0) is 35.4 Å². The molecule has 1 aliphatic rings. The van der Waals surface area contributed by atoms with Crippen LogP contribution in [-0.4, -0.2) is 58.1 Å². The Kier molecular flexibility index (Phi) is 5.80. The highest BCUT2D eigenvalue weighted by Gasteiger charge is 2.20. The third-order valence-electron chi connectivity index (χ3n) is 4.43. The topological polar surface area (TPSA) is 85.8 Å². The van der Waals surface area contributed by atoms with Crippen LogP contribution in [0, 0.1) is 0 Å². The van der Waals surface area contributed by atoms with Crippen LogP contribution in [0.5, 0.6) is 0 Å². The highest BCUT2D eigenvalue weighted by molar-refractivity contribution is 5.87. The van der Waals surface area contributed by atoms with Gasteiger partial charge in [-0.2, -0.15) is 0 Å². The van der Waals surface area contributed by atoms with Crippen LogP contribution in [0.3, 0.4) is 0 Å². The van der Waals surface area contributed by atoms with Gasteiger partial charge in [-0.1, -0.05) is 12.1 Å². The first-order valence-corrected chi connectivity index (χ1v) is 8.58. The Morgan fingerprint density at radius 2 is 1.77 bits per heavy atom. The molecule has 2 aromatic rings. The Morgan fingerprint density at radius 3 is 2.46 bits per heavy atom. The number of carboxylic acids is 1. The summed E-state index contributed by atoms with van der Waals surface area (Å²) in [4.78, 5) is 31.5. The minimum atomic E-state index is -0.969. The second-order valence-electron chi connectivity index (χ2n) is 6.28. The van der Waals surface area contributed by atoms with Crippen molar-refractivity contribution < 1.29 is 14.7 Å². The lowest BCUT2D eigenvalue weighted by molar-refractivity contribution is 0.0696. The number of rotatable bonds is 5. The van der Waals surface area contributed by atoms with Crippen LogP contribution in [-0.2, 0) is 13.1 Å². The summed E-state index contributed by atoms with van der Waals surface area (Å²) in [5.41, 5.74) is 2.22. The first kappa shape index (κ1) is 17.9. The van der Waals surface area contributed by atoms with Crippen LogP contribution in [0.1, 0.15) is 21.5 Å². The molecule has 0 aliphatic carbocycles. The molecule has 26 heavy (non-hydrogen) atoms. The van der Waals surface area contributed by atoms with E-state index in [2.05, 4.69) is 15.2 Å². The van der Waals surface area contributed by atoms with E-state index in [-0.39, 0.29) is 11.6 Å². The number of urea groups is 1. The summed E-state index contributed by atoms with van der Waals surface area (Å²) in [6, 6.07) is 10.5. The number of hydrogen-bond donors (Lipinski definition) is 2. The quantitative estimate of drug-likeness (QED) is 0.855. The molecule has 0 unspecified atom stereocenters. The first-order chi connectivity index (χ1) is 12.6. The molecule has 1 fully saturated rings. The number of nitrogens with zero attached hydrogens (tertiary/aromatic N) is 3. The van der Waals surface area contributed by atoms with Gasteiger partial charge in [-0.3, -0.25) is 9.88 Å². The van der Waals surface area contributed by atoms with Gasteiger partial charge in [-0.15, -0.1) is 0 Å². The van der Waals surface area contributed by atoms with Crippen LogP contribution in [0.25, 0.3) is 0 Å². The van der Waals surface area contributed by atoms with E-state index >= 15 is 0 Å². The molecular formula is C19H22N4O3. The molecule has 0 radical (unpaired) electrons. The van der Waals surface area contributed by atoms with E-state index in [1.807, 2.05) is 12.1 Å². The zero-order chi connectivity index (χ0) is 18.4. The maximum Gasteiger partial charge on any atom is 0.335 e. The monoisotopic (exact) mass is 354 g/mol. The van der Waals surface area contributed by atoms with Gasteiger partial charge >= 0.3 is 12.0 Å². The number of nitrogens with one attached hydrogen (secondary N) is 1. The van der Waals surface area contributed by atoms with E-state index in [1.165, 1.54) is 11.6 Å². The molecule has 2 heterocycles. The van der Waals surface area contributed by atoms with Gasteiger partial charge in [-0.25, -0.2) is 9.59 Å². The average molecular weight is 354 g/mol. The van der Waals surface area contributed by atoms with Crippen LogP contribution in [0.2, 0.25) is 0 Å². The Bertz CT molecular complexity index is 758. The number of hydrogen-bond acceptors (Lipinski definition) is 4. The smallest absolute Gasteiger partial charge is 0.335 e. The molecule has 1 aromatic heterocycles. The molecule has 7 heteroatoms. The lowest BCUT2D eigenvalue weighted by atomic mass is 10.1. The maximum absolute atomic E-state index is 12.3. The standard InChI is InChI=1S/C19H22N4O3/c24-18(25)17-3-1-2-16(12-17)13-21-19(26)23-10-8-22(9-11-23)14-15-4-6-20-7-5-15/h1-7,12H,8-11,13-14H2,(H,21,26)(H,24,25). The zero-order valence-electron chi connectivity index (χ0n) is 14.5. The number of carbonyl (C=O) groups is 2. The first-order valence-electron chi connectivity index (χ1n) is 8.58. The fraction of sp³-hybridized carbons (Fsp3) is 0.316. The fourth-order valence-corrected chi connectivity index (χ4v) is 2.96. The predicted octanol–water partition coefficient (Wildman–Crippen LogP) is 1.81. The molecule has 136 valence electrons. The summed E-state index contributed by atoms with van der Waals surface area (Å²) in [5, 5.41) is 11.9. The SMILES string of the molecule is O=C(O)c1cccc(CNC(=O)N2CCN(Cc3ccncc3)CC2)c1. The van der Waals surface area contributed by atoms with Gasteiger partial charge in [0.1, 0.15) is 0 Å². The van der Waals surface area contributed by atoms with Crippen molar-refractivity contribution in [3.05, 3.63) is 65.5 Å². The number of benzene rings is 1. The number of carbonyl (C=O) groups excluding carboxylic acids is 1. The molecule has 1 aliphatic heterocycles. The molecule has 3 rings (SSSR count). The van der Waals surface area contributed by atoms with Crippen LogP contribution in [0.15, 0.2) is 48.8 Å². The van der Waals surface area contributed by atoms with Crippen molar-refractivity contribution in [2.24, 2.45) is 0 Å². The second-order valence-corrected chi connectivity index (χ2v) is 6.28. The lowest BCUT2D eigenvalue weighted by Crippen LogP contribution is -2.51. The molecule has 0 bridgehead atoms. The van der Waals surface area contributed by atoms with Gasteiger partial charge < -0.3 is 15.3 Å². The fourth-order valence-electron chi connectivity index (χ4n) is 2.96. The number of pyridine rings is 1. The van der Waals surface area contributed by atoms with Gasteiger partial charge in [0.2, 0.25) is 0 Å². The average Bonchev–Trinajstić information content (AvgIpc) is 2.68. The van der Waals surface area contributed by atoms with Gasteiger partial charge in [0, 0.05) is 51.7 Å². The number of carboxylic acid groups (broad SMARTS) is 1. The molecular weight excluding hydrogens is 332 g/mol. The van der Waals surface area contributed by atoms with Crippen molar-refractivity contribution in [2.45, 2.75) is 13.1 Å². The third-order valence-corrected chi connectivity index (χ3v) is 4.43. The normalized spacial score (nSPS) is 14.8. The van der Waals surface area contributed by atoms with Crippen LogP contribution in [0.4, 0.5) is 4.79 Å². The highest BCUT2D eigenvalue weighted by Crippen LogP contribution is 2.09. The lowest BCUT2D eigenvalue weighted by Gasteiger charge is -2.34. The van der Waals surface area contributed by atoms with Crippen molar-refractivity contribution in [3.8, 4) is 0 Å². The molecule has 0 atom stereocenters. The van der Waals surface area contributed by atoms with Crippen molar-refractivity contribution in [1.82, 2.24) is 20.1 Å². The summed E-state index contributed by atoms with van der Waals surface area (Å²) < 4.78 is 0. The van der Waals surface area contributed by atoms with E-state index in [1.54, 1.807) is 35.5 Å². The summed E-state index contributed by atoms with van der Waals surface area (Å²) >= 11 is 0. The Balaban J connectivity index is 1.45. The number of aromatic nitrogens is 1. The summed E-state index contributed by atoms with van der Waals surface area (Å²) in [6.45, 7) is 4.17. The van der Waals surface area contributed by atoms with E-state index in [9.17, 15) is 9.59 Å². The molecule has 2 amide bonds. The summed E-state index contributed by atoms with van der Waals surface area (Å²) in [6.07, 6.45) is 3.58. The number of piperazine rings is 1. The highest BCUT2D eigenvalue weighted by atomic mass is 16.4. The number of amides is 2. The van der Waals surface area contributed by atoms with Crippen LogP contribution >= 0.6 is 0 Å². The van der Waals surface area contributed by atoms with Gasteiger partial charge in [0.25, 0.3) is 0 Å². The Hall–Kier alpha value is -2.93. The Labute approximate surface area is 152 Å². The minimum Gasteiger partial charge on any atom is -0.478 e. The predicted molar refractivity (Wildman–Crippen MR) is 96.7 cm³/mol. The van der Waals surface area contributed by atoms with E-state index < -0.39 is 5.97 Å². The van der Waals surface area contributed by atoms with E-state index in [0.717, 1.165) is 25.2 Å². The van der Waals surface area contributed by atoms with Crippen molar-refractivity contribution in [1.29, 1.82) is 0 Å². The Morgan fingerprint density at radius 1 is 1.04 bits per heavy atom.